The molecule has 0 radical (unpaired) electrons. The van der Waals surface area contributed by atoms with Gasteiger partial charge in [0.2, 0.25) is 0 Å². The molecule has 2 heterocycles. The molecule has 1 aliphatic heterocycles. The van der Waals surface area contributed by atoms with Crippen LogP contribution < -0.4 is 5.32 Å². The number of amides is 2. The number of aryl methyl sites for hydroxylation is 1. The molecule has 2 amide bonds. The molecule has 1 aromatic carbocycles. The van der Waals surface area contributed by atoms with Crippen molar-refractivity contribution in [3.8, 4) is 0 Å². The molecule has 1 aromatic heterocycles. The van der Waals surface area contributed by atoms with Crippen molar-refractivity contribution in [1.29, 1.82) is 0 Å². The maximum Gasteiger partial charge on any atom is 0.295 e. The van der Waals surface area contributed by atoms with E-state index in [0.29, 0.717) is 15.7 Å². The van der Waals surface area contributed by atoms with Crippen LogP contribution in [-0.4, -0.2) is 22.7 Å². The molecule has 1 fully saturated rings. The summed E-state index contributed by atoms with van der Waals surface area (Å²) in [5.74, 6) is 0.967. The van der Waals surface area contributed by atoms with Gasteiger partial charge in [-0.2, -0.15) is 0 Å². The number of rotatable bonds is 4. The molecule has 0 spiro atoms. The van der Waals surface area contributed by atoms with E-state index in [1.54, 1.807) is 42.5 Å². The van der Waals surface area contributed by atoms with Crippen LogP contribution in [0.3, 0.4) is 0 Å². The minimum atomic E-state index is -0.337. The summed E-state index contributed by atoms with van der Waals surface area (Å²) in [6, 6.07) is 10.6. The summed E-state index contributed by atoms with van der Waals surface area (Å²) in [4.78, 5) is 25.8. The van der Waals surface area contributed by atoms with Crippen LogP contribution in [-0.2, 0) is 4.79 Å². The summed E-state index contributed by atoms with van der Waals surface area (Å²) in [6.45, 7) is 1.92. The summed E-state index contributed by atoms with van der Waals surface area (Å²) in [7, 11) is 0. The highest BCUT2D eigenvalue weighted by atomic mass is 35.5. The monoisotopic (exact) mass is 348 g/mol. The van der Waals surface area contributed by atoms with Crippen LogP contribution in [0.15, 0.2) is 45.7 Å². The van der Waals surface area contributed by atoms with Gasteiger partial charge < -0.3 is 9.73 Å². The molecular weight excluding hydrogens is 336 g/mol. The normalized spacial score (nSPS) is 16.4. The van der Waals surface area contributed by atoms with Crippen molar-refractivity contribution in [3.63, 3.8) is 0 Å². The molecule has 0 atom stereocenters. The number of thioether (sulfide) groups is 1. The van der Waals surface area contributed by atoms with Gasteiger partial charge in [0.05, 0.1) is 11.6 Å². The van der Waals surface area contributed by atoms with Crippen LogP contribution in [0.5, 0.6) is 0 Å². The maximum atomic E-state index is 12.3. The number of anilines is 1. The number of hydrogen-bond donors (Lipinski definition) is 1. The van der Waals surface area contributed by atoms with Crippen LogP contribution in [0, 0.1) is 6.92 Å². The number of imide groups is 1. The Morgan fingerprint density at radius 3 is 2.61 bits per heavy atom. The van der Waals surface area contributed by atoms with Gasteiger partial charge in [0.15, 0.2) is 0 Å². The van der Waals surface area contributed by atoms with Gasteiger partial charge in [-0.25, -0.2) is 0 Å². The van der Waals surface area contributed by atoms with Crippen molar-refractivity contribution in [2.75, 3.05) is 12.0 Å². The number of furan rings is 1. The van der Waals surface area contributed by atoms with E-state index in [-0.39, 0.29) is 17.8 Å². The Bertz CT molecular complexity index is 783. The fourth-order valence-corrected chi connectivity index (χ4v) is 2.98. The van der Waals surface area contributed by atoms with Gasteiger partial charge in [-0.3, -0.25) is 14.5 Å². The standard InChI is InChI=1S/C16H13ClN2O3S/c1-10-2-7-13(22-10)8-14-15(20)19(16(21)23-14)9-18-12-5-3-11(17)4-6-12/h2-8,18H,9H2,1H3. The number of halogens is 1. The first-order valence-electron chi connectivity index (χ1n) is 6.84. The van der Waals surface area contributed by atoms with Crippen molar-refractivity contribution in [2.45, 2.75) is 6.92 Å². The molecule has 1 aliphatic rings. The van der Waals surface area contributed by atoms with E-state index in [1.165, 1.54) is 0 Å². The molecular formula is C16H13ClN2O3S. The van der Waals surface area contributed by atoms with Crippen LogP contribution >= 0.6 is 23.4 Å². The quantitative estimate of drug-likeness (QED) is 0.832. The Hall–Kier alpha value is -2.18. The van der Waals surface area contributed by atoms with E-state index in [4.69, 9.17) is 16.0 Å². The lowest BCUT2D eigenvalue weighted by Gasteiger charge is -2.14. The van der Waals surface area contributed by atoms with Gasteiger partial charge in [-0.05, 0) is 55.1 Å². The second kappa shape index (κ2) is 6.52. The lowest BCUT2D eigenvalue weighted by Crippen LogP contribution is -2.33. The molecule has 118 valence electrons. The van der Waals surface area contributed by atoms with Gasteiger partial charge in [0.1, 0.15) is 11.5 Å². The summed E-state index contributed by atoms with van der Waals surface area (Å²) >= 11 is 6.72. The summed E-state index contributed by atoms with van der Waals surface area (Å²) < 4.78 is 5.40. The molecule has 0 aliphatic carbocycles. The fourth-order valence-electron chi connectivity index (χ4n) is 2.03. The van der Waals surface area contributed by atoms with Gasteiger partial charge in [-0.1, -0.05) is 11.6 Å². The molecule has 5 nitrogen and oxygen atoms in total. The Balaban J connectivity index is 1.69. The number of nitrogens with one attached hydrogen (secondary N) is 1. The SMILES string of the molecule is Cc1ccc(C=C2SC(=O)N(CNc3ccc(Cl)cc3)C2=O)o1. The van der Waals surface area contributed by atoms with Crippen molar-refractivity contribution >= 4 is 46.3 Å². The largest absolute Gasteiger partial charge is 0.462 e. The van der Waals surface area contributed by atoms with Crippen molar-refractivity contribution in [1.82, 2.24) is 4.90 Å². The van der Waals surface area contributed by atoms with Crippen LogP contribution in [0.2, 0.25) is 5.02 Å². The smallest absolute Gasteiger partial charge is 0.295 e. The number of nitrogens with zero attached hydrogens (tertiary/aromatic N) is 1. The minimum Gasteiger partial charge on any atom is -0.462 e. The Kier molecular flexibility index (Phi) is 4.45. The third-order valence-electron chi connectivity index (χ3n) is 3.19. The molecule has 0 saturated carbocycles. The summed E-state index contributed by atoms with van der Waals surface area (Å²) in [6.07, 6.45) is 1.58. The number of hydrogen-bond acceptors (Lipinski definition) is 5. The molecule has 0 bridgehead atoms. The maximum absolute atomic E-state index is 12.3. The average Bonchev–Trinajstić information content (AvgIpc) is 3.04. The fraction of sp³-hybridized carbons (Fsp3) is 0.125. The predicted molar refractivity (Wildman–Crippen MR) is 91.2 cm³/mol. The molecule has 1 N–H and O–H groups in total. The average molecular weight is 349 g/mol. The van der Waals surface area contributed by atoms with Crippen LogP contribution in [0.1, 0.15) is 11.5 Å². The Morgan fingerprint density at radius 1 is 1.22 bits per heavy atom. The van der Waals surface area contributed by atoms with E-state index in [9.17, 15) is 9.59 Å². The van der Waals surface area contributed by atoms with E-state index in [2.05, 4.69) is 5.32 Å². The highest BCUT2D eigenvalue weighted by Gasteiger charge is 2.35. The minimum absolute atomic E-state index is 0.0980. The van der Waals surface area contributed by atoms with Crippen LogP contribution in [0.25, 0.3) is 6.08 Å². The third kappa shape index (κ3) is 3.60. The van der Waals surface area contributed by atoms with Gasteiger partial charge in [0, 0.05) is 16.8 Å². The molecule has 0 unspecified atom stereocenters. The van der Waals surface area contributed by atoms with Crippen molar-refractivity contribution < 1.29 is 14.0 Å². The zero-order valence-corrected chi connectivity index (χ0v) is 13.8. The molecule has 2 aromatic rings. The van der Waals surface area contributed by atoms with E-state index < -0.39 is 0 Å². The molecule has 23 heavy (non-hydrogen) atoms. The van der Waals surface area contributed by atoms with Gasteiger partial charge >= 0.3 is 0 Å². The van der Waals surface area contributed by atoms with Crippen molar-refractivity contribution in [2.24, 2.45) is 0 Å². The number of benzene rings is 1. The lowest BCUT2D eigenvalue weighted by atomic mass is 10.3. The van der Waals surface area contributed by atoms with Gasteiger partial charge in [-0.15, -0.1) is 0 Å². The summed E-state index contributed by atoms with van der Waals surface area (Å²) in [5, 5.41) is 3.33. The first kappa shape index (κ1) is 15.7. The first-order valence-corrected chi connectivity index (χ1v) is 8.03. The zero-order valence-electron chi connectivity index (χ0n) is 12.2. The first-order chi connectivity index (χ1) is 11.0. The molecule has 1 saturated heterocycles. The van der Waals surface area contributed by atoms with Crippen molar-refractivity contribution in [3.05, 3.63) is 57.8 Å². The Labute approximate surface area is 142 Å². The lowest BCUT2D eigenvalue weighted by molar-refractivity contribution is -0.122. The Morgan fingerprint density at radius 2 is 1.96 bits per heavy atom. The highest BCUT2D eigenvalue weighted by molar-refractivity contribution is 8.18. The second-order valence-corrected chi connectivity index (χ2v) is 6.33. The van der Waals surface area contributed by atoms with E-state index in [0.717, 1.165) is 28.1 Å². The number of carbonyl (C=O) groups excluding carboxylic acids is 2. The van der Waals surface area contributed by atoms with E-state index in [1.807, 2.05) is 6.92 Å². The van der Waals surface area contributed by atoms with Crippen LogP contribution in [0.4, 0.5) is 10.5 Å². The molecule has 7 heteroatoms. The topological polar surface area (TPSA) is 62.6 Å². The predicted octanol–water partition coefficient (Wildman–Crippen LogP) is 4.35. The van der Waals surface area contributed by atoms with E-state index >= 15 is 0 Å². The highest BCUT2D eigenvalue weighted by Crippen LogP contribution is 2.32. The number of carbonyl (C=O) groups is 2. The molecule has 3 rings (SSSR count). The third-order valence-corrected chi connectivity index (χ3v) is 4.35. The summed E-state index contributed by atoms with van der Waals surface area (Å²) in [5.41, 5.74) is 0.777. The zero-order chi connectivity index (χ0) is 16.4. The second-order valence-electron chi connectivity index (χ2n) is 4.90. The van der Waals surface area contributed by atoms with Gasteiger partial charge in [0.25, 0.3) is 11.1 Å².